The molecule has 5 heteroatoms. The number of ether oxygens (including phenoxy) is 1. The summed E-state index contributed by atoms with van der Waals surface area (Å²) < 4.78 is 5.42. The molecule has 0 saturated carbocycles. The third kappa shape index (κ3) is 2.82. The number of primary amides is 1. The molecule has 0 fully saturated rings. The van der Waals surface area contributed by atoms with Crippen molar-refractivity contribution in [2.24, 2.45) is 5.73 Å². The minimum absolute atomic E-state index is 0.497. The topological polar surface area (TPSA) is 78.1 Å². The minimum Gasteiger partial charge on any atom is -0.481 e. The monoisotopic (exact) mass is 243 g/mol. The van der Waals surface area contributed by atoms with E-state index in [1.54, 1.807) is 25.4 Å². The first-order valence-corrected chi connectivity index (χ1v) is 5.48. The van der Waals surface area contributed by atoms with Crippen LogP contribution >= 0.6 is 0 Å². The Morgan fingerprint density at radius 3 is 2.67 bits per heavy atom. The molecule has 1 heterocycles. The van der Waals surface area contributed by atoms with Crippen LogP contribution in [0.5, 0.6) is 5.75 Å². The summed E-state index contributed by atoms with van der Waals surface area (Å²) in [6.07, 6.45) is 4.24. The molecular formula is C13H13N3O2. The van der Waals surface area contributed by atoms with E-state index >= 15 is 0 Å². The molecule has 2 aromatic rings. The Hall–Kier alpha value is -2.43. The quantitative estimate of drug-likeness (QED) is 0.880. The van der Waals surface area contributed by atoms with Crippen molar-refractivity contribution in [1.82, 2.24) is 9.97 Å². The normalized spacial score (nSPS) is 11.8. The third-order valence-corrected chi connectivity index (χ3v) is 2.44. The first-order chi connectivity index (χ1) is 8.66. The van der Waals surface area contributed by atoms with Crippen LogP contribution in [-0.2, 0) is 4.79 Å². The van der Waals surface area contributed by atoms with Crippen molar-refractivity contribution in [3.05, 3.63) is 43.0 Å². The number of nitrogens with two attached hydrogens (primary N) is 1. The van der Waals surface area contributed by atoms with Gasteiger partial charge in [-0.05, 0) is 24.6 Å². The van der Waals surface area contributed by atoms with Crippen molar-refractivity contribution in [3.63, 3.8) is 0 Å². The maximum atomic E-state index is 10.9. The zero-order valence-corrected chi connectivity index (χ0v) is 9.91. The zero-order valence-electron chi connectivity index (χ0n) is 9.91. The second kappa shape index (κ2) is 5.27. The predicted octanol–water partition coefficient (Wildman–Crippen LogP) is 1.40. The fraction of sp³-hybridized carbons (Fsp3) is 0.154. The lowest BCUT2D eigenvalue weighted by Crippen LogP contribution is -2.30. The highest BCUT2D eigenvalue weighted by Gasteiger charge is 2.10. The van der Waals surface area contributed by atoms with Gasteiger partial charge >= 0.3 is 0 Å². The lowest BCUT2D eigenvalue weighted by Gasteiger charge is -2.12. The van der Waals surface area contributed by atoms with Gasteiger partial charge in [-0.3, -0.25) is 4.79 Å². The van der Waals surface area contributed by atoms with Crippen molar-refractivity contribution in [3.8, 4) is 16.9 Å². The Bertz CT molecular complexity index is 543. The van der Waals surface area contributed by atoms with Gasteiger partial charge in [0.1, 0.15) is 12.1 Å². The van der Waals surface area contributed by atoms with Gasteiger partial charge in [0.2, 0.25) is 0 Å². The van der Waals surface area contributed by atoms with Gasteiger partial charge in [-0.1, -0.05) is 12.1 Å². The smallest absolute Gasteiger partial charge is 0.258 e. The number of aromatic nitrogens is 2. The molecule has 0 saturated heterocycles. The van der Waals surface area contributed by atoms with Crippen LogP contribution in [0.1, 0.15) is 6.92 Å². The third-order valence-electron chi connectivity index (χ3n) is 2.44. The largest absolute Gasteiger partial charge is 0.481 e. The fourth-order valence-electron chi connectivity index (χ4n) is 1.46. The van der Waals surface area contributed by atoms with Crippen LogP contribution in [0.2, 0.25) is 0 Å². The number of rotatable bonds is 4. The maximum Gasteiger partial charge on any atom is 0.258 e. The number of carbonyl (C=O) groups is 1. The molecule has 5 nitrogen and oxygen atoms in total. The molecule has 92 valence electrons. The van der Waals surface area contributed by atoms with E-state index in [-0.39, 0.29) is 0 Å². The standard InChI is InChI=1S/C13H13N3O2/c1-9(13(14)17)18-12-4-2-3-10(5-12)11-6-15-8-16-7-11/h2-9H,1H3,(H2,14,17)/t9-/m0/s1. The number of nitrogens with zero attached hydrogens (tertiary/aromatic N) is 2. The van der Waals surface area contributed by atoms with Crippen LogP contribution in [-0.4, -0.2) is 22.0 Å². The average Bonchev–Trinajstić information content (AvgIpc) is 2.40. The number of hydrogen-bond donors (Lipinski definition) is 1. The number of carbonyl (C=O) groups excluding carboxylic acids is 1. The number of hydrogen-bond acceptors (Lipinski definition) is 4. The minimum atomic E-state index is -0.660. The molecule has 0 aliphatic rings. The Morgan fingerprint density at radius 1 is 1.28 bits per heavy atom. The van der Waals surface area contributed by atoms with E-state index in [2.05, 4.69) is 9.97 Å². The summed E-state index contributed by atoms with van der Waals surface area (Å²) in [7, 11) is 0. The van der Waals surface area contributed by atoms with Gasteiger partial charge in [0.15, 0.2) is 6.10 Å². The zero-order chi connectivity index (χ0) is 13.0. The van der Waals surface area contributed by atoms with Gasteiger partial charge < -0.3 is 10.5 Å². The fourth-order valence-corrected chi connectivity index (χ4v) is 1.46. The average molecular weight is 243 g/mol. The Kier molecular flexibility index (Phi) is 3.52. The van der Waals surface area contributed by atoms with Crippen molar-refractivity contribution in [1.29, 1.82) is 0 Å². The molecule has 0 radical (unpaired) electrons. The van der Waals surface area contributed by atoms with E-state index in [4.69, 9.17) is 10.5 Å². The molecule has 0 spiro atoms. The highest BCUT2D eigenvalue weighted by molar-refractivity contribution is 5.78. The lowest BCUT2D eigenvalue weighted by atomic mass is 10.1. The molecule has 1 aromatic carbocycles. The number of amides is 1. The SMILES string of the molecule is C[C@H](Oc1cccc(-c2cncnc2)c1)C(N)=O. The van der Waals surface area contributed by atoms with Crippen molar-refractivity contribution < 1.29 is 9.53 Å². The molecule has 1 atom stereocenters. The summed E-state index contributed by atoms with van der Waals surface area (Å²) in [6.45, 7) is 1.61. The second-order valence-electron chi connectivity index (χ2n) is 3.82. The summed E-state index contributed by atoms with van der Waals surface area (Å²) >= 11 is 0. The maximum absolute atomic E-state index is 10.9. The molecule has 1 amide bonds. The van der Waals surface area contributed by atoms with E-state index < -0.39 is 12.0 Å². The van der Waals surface area contributed by atoms with Crippen LogP contribution in [0.3, 0.4) is 0 Å². The predicted molar refractivity (Wildman–Crippen MR) is 66.8 cm³/mol. The summed E-state index contributed by atoms with van der Waals surface area (Å²) in [5, 5.41) is 0. The summed E-state index contributed by atoms with van der Waals surface area (Å²) in [6, 6.07) is 7.34. The van der Waals surface area contributed by atoms with Crippen molar-refractivity contribution >= 4 is 5.91 Å². The second-order valence-corrected chi connectivity index (χ2v) is 3.82. The van der Waals surface area contributed by atoms with Crippen molar-refractivity contribution in [2.75, 3.05) is 0 Å². The van der Waals surface area contributed by atoms with Gasteiger partial charge in [-0.25, -0.2) is 9.97 Å². The Morgan fingerprint density at radius 2 is 2.00 bits per heavy atom. The number of benzene rings is 1. The van der Waals surface area contributed by atoms with E-state index in [0.717, 1.165) is 11.1 Å². The highest BCUT2D eigenvalue weighted by atomic mass is 16.5. The molecule has 0 bridgehead atoms. The van der Waals surface area contributed by atoms with Crippen LogP contribution in [0.25, 0.3) is 11.1 Å². The van der Waals surface area contributed by atoms with Crippen LogP contribution in [0.15, 0.2) is 43.0 Å². The van der Waals surface area contributed by atoms with Crippen LogP contribution in [0.4, 0.5) is 0 Å². The Balaban J connectivity index is 2.23. The van der Waals surface area contributed by atoms with E-state index in [1.165, 1.54) is 6.33 Å². The van der Waals surface area contributed by atoms with Crippen LogP contribution < -0.4 is 10.5 Å². The Labute approximate surface area is 105 Å². The van der Waals surface area contributed by atoms with Crippen LogP contribution in [0, 0.1) is 0 Å². The van der Waals surface area contributed by atoms with Gasteiger partial charge in [-0.2, -0.15) is 0 Å². The van der Waals surface area contributed by atoms with Gasteiger partial charge in [0, 0.05) is 18.0 Å². The van der Waals surface area contributed by atoms with Crippen molar-refractivity contribution in [2.45, 2.75) is 13.0 Å². The molecule has 18 heavy (non-hydrogen) atoms. The van der Waals surface area contributed by atoms with E-state index in [9.17, 15) is 4.79 Å². The molecule has 0 aliphatic carbocycles. The molecular weight excluding hydrogens is 230 g/mol. The van der Waals surface area contributed by atoms with Gasteiger partial charge in [-0.15, -0.1) is 0 Å². The first-order valence-electron chi connectivity index (χ1n) is 5.48. The highest BCUT2D eigenvalue weighted by Crippen LogP contribution is 2.23. The van der Waals surface area contributed by atoms with Gasteiger partial charge in [0.25, 0.3) is 5.91 Å². The molecule has 0 unspecified atom stereocenters. The molecule has 1 aromatic heterocycles. The summed E-state index contributed by atoms with van der Waals surface area (Å²) in [4.78, 5) is 18.8. The van der Waals surface area contributed by atoms with E-state index in [1.807, 2.05) is 18.2 Å². The summed E-state index contributed by atoms with van der Waals surface area (Å²) in [5.74, 6) is 0.0890. The molecule has 2 rings (SSSR count). The molecule has 2 N–H and O–H groups in total. The lowest BCUT2D eigenvalue weighted by molar-refractivity contribution is -0.123. The van der Waals surface area contributed by atoms with Gasteiger partial charge in [0.05, 0.1) is 0 Å². The summed E-state index contributed by atoms with van der Waals surface area (Å²) in [5.41, 5.74) is 6.95. The molecule has 0 aliphatic heterocycles. The first kappa shape index (κ1) is 12.0. The van der Waals surface area contributed by atoms with E-state index in [0.29, 0.717) is 5.75 Å².